The Morgan fingerprint density at radius 1 is 1.53 bits per heavy atom. The van der Waals surface area contributed by atoms with Gasteiger partial charge in [-0.2, -0.15) is 5.10 Å². The number of carboxylic acid groups (broad SMARTS) is 1. The van der Waals surface area contributed by atoms with Crippen molar-refractivity contribution in [1.82, 2.24) is 14.8 Å². The Balaban J connectivity index is 2.59. The van der Waals surface area contributed by atoms with Crippen molar-refractivity contribution in [3.8, 4) is 5.69 Å². The van der Waals surface area contributed by atoms with Gasteiger partial charge < -0.3 is 5.11 Å². The summed E-state index contributed by atoms with van der Waals surface area (Å²) in [6, 6.07) is 5.34. The summed E-state index contributed by atoms with van der Waals surface area (Å²) in [6.45, 7) is 1.98. The molecule has 2 aromatic rings. The summed E-state index contributed by atoms with van der Waals surface area (Å²) >= 11 is 1.50. The van der Waals surface area contributed by atoms with Gasteiger partial charge in [-0.3, -0.25) is 0 Å². The van der Waals surface area contributed by atoms with Crippen LogP contribution in [0.25, 0.3) is 5.69 Å². The molecule has 1 aromatic carbocycles. The zero-order chi connectivity index (χ0) is 12.3. The van der Waals surface area contributed by atoms with Gasteiger partial charge >= 0.3 is 5.97 Å². The minimum atomic E-state index is -0.952. The lowest BCUT2D eigenvalue weighted by Crippen LogP contribution is -2.07. The van der Waals surface area contributed by atoms with Gasteiger partial charge in [0.1, 0.15) is 12.7 Å². The van der Waals surface area contributed by atoms with Crippen molar-refractivity contribution in [2.75, 3.05) is 5.75 Å². The molecule has 0 saturated heterocycles. The minimum absolute atomic E-state index is 0.268. The fraction of sp³-hybridized carbons (Fsp3) is 0.182. The molecule has 1 aromatic heterocycles. The van der Waals surface area contributed by atoms with Gasteiger partial charge in [0.05, 0.1) is 11.3 Å². The second-order valence-corrected chi connectivity index (χ2v) is 4.53. The molecule has 0 aliphatic rings. The van der Waals surface area contributed by atoms with Gasteiger partial charge in [-0.15, -0.1) is 11.8 Å². The van der Waals surface area contributed by atoms with Crippen LogP contribution in [0.3, 0.4) is 0 Å². The maximum atomic E-state index is 11.3. The highest BCUT2D eigenvalue weighted by atomic mass is 32.2. The summed E-state index contributed by atoms with van der Waals surface area (Å²) in [5.41, 5.74) is 0.804. The van der Waals surface area contributed by atoms with E-state index in [1.165, 1.54) is 29.1 Å². The first-order chi connectivity index (χ1) is 8.24. The van der Waals surface area contributed by atoms with Crippen LogP contribution in [0.2, 0.25) is 0 Å². The van der Waals surface area contributed by atoms with E-state index in [1.54, 1.807) is 12.1 Å². The van der Waals surface area contributed by atoms with E-state index in [1.807, 2.05) is 13.0 Å². The average Bonchev–Trinajstić information content (AvgIpc) is 2.82. The van der Waals surface area contributed by atoms with Gasteiger partial charge in [0.15, 0.2) is 0 Å². The number of carbonyl (C=O) groups is 1. The van der Waals surface area contributed by atoms with Crippen LogP contribution < -0.4 is 0 Å². The lowest BCUT2D eigenvalue weighted by molar-refractivity contribution is 0.0693. The molecule has 0 bridgehead atoms. The first-order valence-corrected chi connectivity index (χ1v) is 6.06. The summed E-state index contributed by atoms with van der Waals surface area (Å²) in [4.78, 5) is 15.9. The number of aromatic nitrogens is 3. The first-order valence-electron chi connectivity index (χ1n) is 5.08. The molecule has 5 nitrogen and oxygen atoms in total. The highest BCUT2D eigenvalue weighted by molar-refractivity contribution is 7.99. The summed E-state index contributed by atoms with van der Waals surface area (Å²) in [7, 11) is 0. The number of hydrogen-bond acceptors (Lipinski definition) is 4. The summed E-state index contributed by atoms with van der Waals surface area (Å²) in [6.07, 6.45) is 2.87. The predicted octanol–water partition coefficient (Wildman–Crippen LogP) is 2.08. The van der Waals surface area contributed by atoms with Crippen LogP contribution >= 0.6 is 11.8 Å². The molecular formula is C11H11N3O2S. The van der Waals surface area contributed by atoms with E-state index in [-0.39, 0.29) is 5.56 Å². The molecule has 1 heterocycles. The molecule has 0 aliphatic heterocycles. The monoisotopic (exact) mass is 249 g/mol. The Morgan fingerprint density at radius 2 is 2.35 bits per heavy atom. The predicted molar refractivity (Wildman–Crippen MR) is 64.7 cm³/mol. The van der Waals surface area contributed by atoms with Gasteiger partial charge in [-0.1, -0.05) is 13.0 Å². The van der Waals surface area contributed by atoms with Crippen LogP contribution in [0.1, 0.15) is 17.3 Å². The van der Waals surface area contributed by atoms with Crippen LogP contribution in [0, 0.1) is 0 Å². The van der Waals surface area contributed by atoms with E-state index in [0.717, 1.165) is 10.6 Å². The largest absolute Gasteiger partial charge is 0.478 e. The molecule has 0 saturated carbocycles. The first kappa shape index (κ1) is 11.7. The molecule has 88 valence electrons. The Kier molecular flexibility index (Phi) is 3.43. The van der Waals surface area contributed by atoms with E-state index in [4.69, 9.17) is 0 Å². The number of thioether (sulfide) groups is 1. The third-order valence-corrected chi connectivity index (χ3v) is 3.12. The van der Waals surface area contributed by atoms with Crippen molar-refractivity contribution >= 4 is 17.7 Å². The Labute approximate surface area is 102 Å². The van der Waals surface area contributed by atoms with Crippen LogP contribution in [0.15, 0.2) is 35.7 Å². The second-order valence-electron chi connectivity index (χ2n) is 3.23. The lowest BCUT2D eigenvalue weighted by Gasteiger charge is -2.09. The SMILES string of the molecule is CCSc1cccc(-n2cncn2)c1C(=O)O. The third kappa shape index (κ3) is 2.31. The van der Waals surface area contributed by atoms with Crippen molar-refractivity contribution in [2.45, 2.75) is 11.8 Å². The maximum absolute atomic E-state index is 11.3. The standard InChI is InChI=1S/C11H11N3O2S/c1-2-17-9-5-3-4-8(10(9)11(15)16)14-7-12-6-13-14/h3-7H,2H2,1H3,(H,15,16). The average molecular weight is 249 g/mol. The number of benzene rings is 1. The zero-order valence-electron chi connectivity index (χ0n) is 9.20. The van der Waals surface area contributed by atoms with Crippen LogP contribution in [0.4, 0.5) is 0 Å². The fourth-order valence-corrected chi connectivity index (χ4v) is 2.36. The molecule has 0 amide bonds. The van der Waals surface area contributed by atoms with Gasteiger partial charge in [-0.25, -0.2) is 14.5 Å². The van der Waals surface area contributed by atoms with E-state index < -0.39 is 5.97 Å². The van der Waals surface area contributed by atoms with Crippen molar-refractivity contribution < 1.29 is 9.90 Å². The number of carboxylic acids is 1. The Hall–Kier alpha value is -1.82. The van der Waals surface area contributed by atoms with E-state index in [0.29, 0.717) is 5.69 Å². The van der Waals surface area contributed by atoms with Gasteiger partial charge in [0, 0.05) is 4.90 Å². The van der Waals surface area contributed by atoms with Crippen molar-refractivity contribution in [3.05, 3.63) is 36.4 Å². The molecule has 0 radical (unpaired) electrons. The number of aromatic carboxylic acids is 1. The number of rotatable bonds is 4. The minimum Gasteiger partial charge on any atom is -0.478 e. The molecule has 1 N–H and O–H groups in total. The van der Waals surface area contributed by atoms with Gasteiger partial charge in [0.2, 0.25) is 0 Å². The van der Waals surface area contributed by atoms with E-state index in [9.17, 15) is 9.90 Å². The van der Waals surface area contributed by atoms with Crippen molar-refractivity contribution in [2.24, 2.45) is 0 Å². The van der Waals surface area contributed by atoms with E-state index >= 15 is 0 Å². The van der Waals surface area contributed by atoms with Crippen LogP contribution in [0.5, 0.6) is 0 Å². The van der Waals surface area contributed by atoms with Crippen LogP contribution in [-0.4, -0.2) is 31.6 Å². The zero-order valence-corrected chi connectivity index (χ0v) is 10.0. The molecular weight excluding hydrogens is 238 g/mol. The van der Waals surface area contributed by atoms with Crippen molar-refractivity contribution in [1.29, 1.82) is 0 Å². The highest BCUT2D eigenvalue weighted by Crippen LogP contribution is 2.27. The molecule has 0 atom stereocenters. The summed E-state index contributed by atoms with van der Waals surface area (Å²) in [5, 5.41) is 13.3. The topological polar surface area (TPSA) is 68.0 Å². The lowest BCUT2D eigenvalue weighted by atomic mass is 10.2. The van der Waals surface area contributed by atoms with Crippen molar-refractivity contribution in [3.63, 3.8) is 0 Å². The quantitative estimate of drug-likeness (QED) is 0.840. The smallest absolute Gasteiger partial charge is 0.339 e. The molecule has 0 fully saturated rings. The van der Waals surface area contributed by atoms with Gasteiger partial charge in [0.25, 0.3) is 0 Å². The third-order valence-electron chi connectivity index (χ3n) is 2.18. The summed E-state index contributed by atoms with van der Waals surface area (Å²) < 4.78 is 1.46. The maximum Gasteiger partial charge on any atom is 0.339 e. The Bertz CT molecular complexity index is 526. The molecule has 0 unspecified atom stereocenters. The number of nitrogens with zero attached hydrogens (tertiary/aromatic N) is 3. The van der Waals surface area contributed by atoms with E-state index in [2.05, 4.69) is 10.1 Å². The highest BCUT2D eigenvalue weighted by Gasteiger charge is 2.16. The normalized spacial score (nSPS) is 10.4. The molecule has 17 heavy (non-hydrogen) atoms. The van der Waals surface area contributed by atoms with Crippen LogP contribution in [-0.2, 0) is 0 Å². The summed E-state index contributed by atoms with van der Waals surface area (Å²) in [5.74, 6) is -0.131. The molecule has 0 aliphatic carbocycles. The Morgan fingerprint density at radius 3 is 2.94 bits per heavy atom. The fourth-order valence-electron chi connectivity index (χ4n) is 1.53. The molecule has 6 heteroatoms. The molecule has 0 spiro atoms. The number of hydrogen-bond donors (Lipinski definition) is 1. The second kappa shape index (κ2) is 5.01. The van der Waals surface area contributed by atoms with Gasteiger partial charge in [-0.05, 0) is 17.9 Å². The molecule has 2 rings (SSSR count).